The highest BCUT2D eigenvalue weighted by Gasteiger charge is 2.07. The summed E-state index contributed by atoms with van der Waals surface area (Å²) < 4.78 is 17.9. The van der Waals surface area contributed by atoms with E-state index in [9.17, 15) is 4.39 Å². The molecule has 0 aliphatic rings. The van der Waals surface area contributed by atoms with E-state index in [1.807, 2.05) is 55.5 Å². The number of halogens is 1. The molecule has 0 radical (unpaired) electrons. The molecular formula is C24H24FN13O. The van der Waals surface area contributed by atoms with Crippen molar-refractivity contribution in [1.29, 1.82) is 0 Å². The van der Waals surface area contributed by atoms with Crippen molar-refractivity contribution in [3.63, 3.8) is 0 Å². The molecule has 198 valence electrons. The molecule has 0 unspecified atom stereocenters. The maximum Gasteiger partial charge on any atom is 0.207 e. The van der Waals surface area contributed by atoms with Crippen molar-refractivity contribution in [3.05, 3.63) is 84.2 Å². The number of rotatable bonds is 6. The molecule has 6 aromatic rings. The van der Waals surface area contributed by atoms with Gasteiger partial charge in [0.15, 0.2) is 0 Å². The number of aromatic nitrogens is 12. The van der Waals surface area contributed by atoms with Gasteiger partial charge in [-0.05, 0) is 59.0 Å². The van der Waals surface area contributed by atoms with E-state index in [0.29, 0.717) is 23.9 Å². The molecule has 0 atom stereocenters. The number of nitrogens with one attached hydrogen (secondary N) is 4. The summed E-state index contributed by atoms with van der Waals surface area (Å²) in [5, 5.41) is 43.3. The van der Waals surface area contributed by atoms with E-state index in [2.05, 4.69) is 67.2 Å². The quantitative estimate of drug-likeness (QED) is 0.232. The van der Waals surface area contributed by atoms with Crippen LogP contribution in [0.3, 0.4) is 0 Å². The number of ether oxygens (including phenoxy) is 1. The van der Waals surface area contributed by atoms with Gasteiger partial charge in [-0.2, -0.15) is 15.6 Å². The number of hydrogen-bond donors (Lipinski definition) is 4. The second kappa shape index (κ2) is 13.8. The second-order valence-corrected chi connectivity index (χ2v) is 7.74. The maximum atomic E-state index is 13.0. The maximum absolute atomic E-state index is 13.0. The fourth-order valence-corrected chi connectivity index (χ4v) is 3.08. The van der Waals surface area contributed by atoms with Crippen LogP contribution < -0.4 is 5.32 Å². The molecule has 0 aliphatic heterocycles. The molecule has 14 nitrogen and oxygen atoms in total. The van der Waals surface area contributed by atoms with Crippen molar-refractivity contribution < 1.29 is 9.13 Å². The summed E-state index contributed by atoms with van der Waals surface area (Å²) in [4.78, 5) is 0. The van der Waals surface area contributed by atoms with Crippen LogP contribution in [0, 0.1) is 12.7 Å². The van der Waals surface area contributed by atoms with E-state index in [1.165, 1.54) is 11.6 Å². The van der Waals surface area contributed by atoms with Crippen LogP contribution in [0.25, 0.3) is 34.2 Å². The summed E-state index contributed by atoms with van der Waals surface area (Å²) in [6.07, 6.45) is 0. The van der Waals surface area contributed by atoms with Crippen LogP contribution in [0.4, 0.5) is 10.1 Å². The summed E-state index contributed by atoms with van der Waals surface area (Å²) in [5.74, 6) is 1.15. The number of anilines is 1. The van der Waals surface area contributed by atoms with Gasteiger partial charge in [0.25, 0.3) is 0 Å². The SMILES string of the molecule is COCNc1ccc(-c2nn[nH]n2)cc1.Cc1ccc(-c2nn[nH]n2)cc1.Fc1ccccc1-c1nn[nH]n1. The Bertz CT molecular complexity index is 1490. The molecule has 0 spiro atoms. The standard InChI is InChI=1S/C9H11N5O.C8H8N4.C7H5FN4/c1-15-6-10-8-4-2-7(3-5-8)9-11-13-14-12-9;1-6-2-4-7(5-3-6)8-9-11-12-10-8;8-6-4-2-1-3-5(6)7-9-11-12-10-7/h2-5,10H,6H2,1H3,(H,11,12,13,14);2-5H,1H3,(H,9,10,11,12);1-4H,(H,9,10,11,12). The number of hydrogen-bond acceptors (Lipinski definition) is 11. The molecular weight excluding hydrogens is 505 g/mol. The molecule has 3 aromatic carbocycles. The second-order valence-electron chi connectivity index (χ2n) is 7.74. The largest absolute Gasteiger partial charge is 0.365 e. The first-order valence-corrected chi connectivity index (χ1v) is 11.5. The van der Waals surface area contributed by atoms with Gasteiger partial charge in [0.1, 0.15) is 12.5 Å². The smallest absolute Gasteiger partial charge is 0.207 e. The fraction of sp³-hybridized carbons (Fsp3) is 0.125. The molecule has 0 aliphatic carbocycles. The molecule has 6 rings (SSSR count). The molecule has 39 heavy (non-hydrogen) atoms. The minimum Gasteiger partial charge on any atom is -0.365 e. The summed E-state index contributed by atoms with van der Waals surface area (Å²) in [6.45, 7) is 2.53. The number of aryl methyl sites for hydroxylation is 1. The van der Waals surface area contributed by atoms with Gasteiger partial charge < -0.3 is 10.1 Å². The lowest BCUT2D eigenvalue weighted by Crippen LogP contribution is -2.02. The Hall–Kier alpha value is -5.44. The zero-order valence-corrected chi connectivity index (χ0v) is 20.9. The van der Waals surface area contributed by atoms with Crippen LogP contribution in [0.2, 0.25) is 0 Å². The minimum atomic E-state index is -0.348. The van der Waals surface area contributed by atoms with Crippen LogP contribution in [-0.2, 0) is 4.74 Å². The molecule has 4 N–H and O–H groups in total. The fourth-order valence-electron chi connectivity index (χ4n) is 3.08. The zero-order chi connectivity index (χ0) is 27.3. The summed E-state index contributed by atoms with van der Waals surface area (Å²) in [7, 11) is 1.64. The lowest BCUT2D eigenvalue weighted by atomic mass is 10.1. The molecule has 3 aromatic heterocycles. The average molecular weight is 530 g/mol. The predicted molar refractivity (Wildman–Crippen MR) is 139 cm³/mol. The predicted octanol–water partition coefficient (Wildman–Crippen LogP) is 3.06. The highest BCUT2D eigenvalue weighted by atomic mass is 19.1. The van der Waals surface area contributed by atoms with Crippen LogP contribution in [-0.4, -0.2) is 75.7 Å². The number of nitrogens with zero attached hydrogens (tertiary/aromatic N) is 9. The molecule has 0 bridgehead atoms. The first-order valence-electron chi connectivity index (χ1n) is 11.5. The van der Waals surface area contributed by atoms with Gasteiger partial charge in [0, 0.05) is 23.9 Å². The normalized spacial score (nSPS) is 10.1. The average Bonchev–Trinajstić information content (AvgIpc) is 3.78. The highest BCUT2D eigenvalue weighted by molar-refractivity contribution is 5.59. The molecule has 0 saturated carbocycles. The Balaban J connectivity index is 0.000000137. The lowest BCUT2D eigenvalue weighted by molar-refractivity contribution is 0.221. The highest BCUT2D eigenvalue weighted by Crippen LogP contribution is 2.17. The topological polar surface area (TPSA) is 185 Å². The zero-order valence-electron chi connectivity index (χ0n) is 20.9. The van der Waals surface area contributed by atoms with E-state index < -0.39 is 0 Å². The number of methoxy groups -OCH3 is 1. The molecule has 0 amide bonds. The van der Waals surface area contributed by atoms with Crippen molar-refractivity contribution in [2.45, 2.75) is 6.92 Å². The van der Waals surface area contributed by atoms with Gasteiger partial charge in [0.2, 0.25) is 17.5 Å². The Kier molecular flexibility index (Phi) is 9.39. The third-order valence-electron chi connectivity index (χ3n) is 5.02. The van der Waals surface area contributed by atoms with Crippen molar-refractivity contribution >= 4 is 5.69 Å². The van der Waals surface area contributed by atoms with E-state index in [-0.39, 0.29) is 11.6 Å². The van der Waals surface area contributed by atoms with Gasteiger partial charge in [-0.3, -0.25) is 0 Å². The summed E-state index contributed by atoms with van der Waals surface area (Å²) in [6, 6.07) is 22.0. The van der Waals surface area contributed by atoms with Gasteiger partial charge in [-0.15, -0.1) is 30.6 Å². The number of aromatic amines is 3. The number of tetrazole rings is 3. The van der Waals surface area contributed by atoms with Crippen molar-refractivity contribution in [1.82, 2.24) is 61.9 Å². The Morgan fingerprint density at radius 3 is 1.69 bits per heavy atom. The molecule has 0 saturated heterocycles. The van der Waals surface area contributed by atoms with Crippen LogP contribution in [0.5, 0.6) is 0 Å². The number of benzene rings is 3. The number of H-pyrrole nitrogens is 3. The van der Waals surface area contributed by atoms with Gasteiger partial charge >= 0.3 is 0 Å². The van der Waals surface area contributed by atoms with E-state index in [1.54, 1.807) is 25.3 Å². The molecule has 3 heterocycles. The van der Waals surface area contributed by atoms with Crippen molar-refractivity contribution in [2.24, 2.45) is 0 Å². The minimum absolute atomic E-state index is 0.271. The third-order valence-corrected chi connectivity index (χ3v) is 5.02. The lowest BCUT2D eigenvalue weighted by Gasteiger charge is -2.04. The molecule has 15 heteroatoms. The first-order chi connectivity index (χ1) is 19.1. The summed E-state index contributed by atoms with van der Waals surface area (Å²) in [5.41, 5.74) is 4.47. The molecule has 0 fully saturated rings. The van der Waals surface area contributed by atoms with E-state index in [0.717, 1.165) is 16.8 Å². The van der Waals surface area contributed by atoms with E-state index in [4.69, 9.17) is 4.74 Å². The Labute approximate surface area is 221 Å². The van der Waals surface area contributed by atoms with Crippen LogP contribution in [0.1, 0.15) is 5.56 Å². The van der Waals surface area contributed by atoms with Gasteiger partial charge in [0.05, 0.1) is 5.56 Å². The Morgan fingerprint density at radius 2 is 1.21 bits per heavy atom. The Morgan fingerprint density at radius 1 is 0.692 bits per heavy atom. The third kappa shape index (κ3) is 7.77. The van der Waals surface area contributed by atoms with Crippen molar-refractivity contribution in [3.8, 4) is 34.2 Å². The van der Waals surface area contributed by atoms with Crippen LogP contribution >= 0.6 is 0 Å². The van der Waals surface area contributed by atoms with Crippen molar-refractivity contribution in [2.75, 3.05) is 19.2 Å². The van der Waals surface area contributed by atoms with Gasteiger partial charge in [-0.1, -0.05) is 42.0 Å². The first kappa shape index (κ1) is 26.6. The van der Waals surface area contributed by atoms with E-state index >= 15 is 0 Å². The summed E-state index contributed by atoms with van der Waals surface area (Å²) >= 11 is 0. The monoisotopic (exact) mass is 529 g/mol. The van der Waals surface area contributed by atoms with Crippen LogP contribution in [0.15, 0.2) is 72.8 Å². The van der Waals surface area contributed by atoms with Gasteiger partial charge in [-0.25, -0.2) is 4.39 Å².